The second kappa shape index (κ2) is 5.65. The van der Waals surface area contributed by atoms with E-state index in [1.165, 1.54) is 31.6 Å². The van der Waals surface area contributed by atoms with Gasteiger partial charge in [0.15, 0.2) is 0 Å². The van der Waals surface area contributed by atoms with Gasteiger partial charge in [-0.3, -0.25) is 4.90 Å². The summed E-state index contributed by atoms with van der Waals surface area (Å²) < 4.78 is 0. The van der Waals surface area contributed by atoms with E-state index in [1.807, 2.05) is 6.20 Å². The molecule has 2 heterocycles. The zero-order chi connectivity index (χ0) is 12.3. The Morgan fingerprint density at radius 3 is 2.88 bits per heavy atom. The first kappa shape index (κ1) is 12.6. The Balaban J connectivity index is 1.94. The molecule has 17 heavy (non-hydrogen) atoms. The topological polar surface area (TPSA) is 35.2 Å². The fourth-order valence-corrected chi connectivity index (χ4v) is 2.92. The van der Waals surface area contributed by atoms with Crippen molar-refractivity contribution in [3.63, 3.8) is 0 Å². The van der Waals surface area contributed by atoms with E-state index in [4.69, 9.17) is 0 Å². The van der Waals surface area contributed by atoms with Crippen molar-refractivity contribution in [1.82, 2.24) is 19.8 Å². The van der Waals surface area contributed by atoms with Crippen LogP contribution in [0.25, 0.3) is 0 Å². The van der Waals surface area contributed by atoms with Crippen LogP contribution in [-0.4, -0.2) is 53.0 Å². The van der Waals surface area contributed by atoms with Crippen LogP contribution >= 0.6 is 0 Å². The Hall–Kier alpha value is -0.870. The molecule has 1 aromatic rings. The summed E-state index contributed by atoms with van der Waals surface area (Å²) in [6, 6.07) is 0.706. The highest BCUT2D eigenvalue weighted by molar-refractivity contribution is 4.97. The van der Waals surface area contributed by atoms with Crippen LogP contribution in [0.3, 0.4) is 0 Å². The van der Waals surface area contributed by atoms with E-state index >= 15 is 0 Å². The highest BCUT2D eigenvalue weighted by Crippen LogP contribution is 2.25. The summed E-state index contributed by atoms with van der Waals surface area (Å²) in [6.45, 7) is 5.68. The zero-order valence-corrected chi connectivity index (χ0v) is 11.2. The molecule has 0 bridgehead atoms. The molecule has 0 aromatic carbocycles. The van der Waals surface area contributed by atoms with Gasteiger partial charge in [0.1, 0.15) is 0 Å². The van der Waals surface area contributed by atoms with Crippen LogP contribution in [0.1, 0.15) is 25.5 Å². The van der Waals surface area contributed by atoms with Crippen LogP contribution in [-0.2, 0) is 6.54 Å². The fraction of sp³-hybridized carbons (Fsp3) is 0.769. The van der Waals surface area contributed by atoms with Crippen molar-refractivity contribution >= 4 is 0 Å². The smallest absolute Gasteiger partial charge is 0.0922 e. The summed E-state index contributed by atoms with van der Waals surface area (Å²) in [4.78, 5) is 12.2. The van der Waals surface area contributed by atoms with Crippen LogP contribution in [0.4, 0.5) is 0 Å². The van der Waals surface area contributed by atoms with Gasteiger partial charge in [-0.25, -0.2) is 4.98 Å². The number of rotatable bonds is 5. The number of nitrogens with one attached hydrogen (secondary N) is 1. The molecule has 0 unspecified atom stereocenters. The van der Waals surface area contributed by atoms with Crippen LogP contribution in [0.15, 0.2) is 12.5 Å². The quantitative estimate of drug-likeness (QED) is 0.843. The molecule has 1 fully saturated rings. The van der Waals surface area contributed by atoms with Gasteiger partial charge in [0.05, 0.1) is 6.33 Å². The SMILES string of the molecule is CCC[C@@H]1CN(Cc2cnc[nH]2)C[C@H]1N(C)C. The number of H-pyrrole nitrogens is 1. The summed E-state index contributed by atoms with van der Waals surface area (Å²) in [7, 11) is 4.40. The van der Waals surface area contributed by atoms with Gasteiger partial charge in [0.25, 0.3) is 0 Å². The summed E-state index contributed by atoms with van der Waals surface area (Å²) >= 11 is 0. The minimum Gasteiger partial charge on any atom is -0.347 e. The van der Waals surface area contributed by atoms with Gasteiger partial charge in [-0.05, 0) is 26.4 Å². The molecule has 1 N–H and O–H groups in total. The highest BCUT2D eigenvalue weighted by atomic mass is 15.2. The summed E-state index contributed by atoms with van der Waals surface area (Å²) in [5, 5.41) is 0. The van der Waals surface area contributed by atoms with E-state index in [0.29, 0.717) is 6.04 Å². The molecule has 1 aromatic heterocycles. The van der Waals surface area contributed by atoms with E-state index in [1.54, 1.807) is 6.33 Å². The highest BCUT2D eigenvalue weighted by Gasteiger charge is 2.33. The standard InChI is InChI=1S/C13H24N4/c1-4-5-11-7-17(9-13(11)16(2)3)8-12-6-14-10-15-12/h6,10-11,13H,4-5,7-9H2,1-3H3,(H,14,15)/t11-,13-/m1/s1. The molecule has 0 saturated carbocycles. The molecule has 1 aliphatic heterocycles. The maximum absolute atomic E-state index is 4.08. The fourth-order valence-electron chi connectivity index (χ4n) is 2.92. The Labute approximate surface area is 104 Å². The maximum atomic E-state index is 4.08. The van der Waals surface area contributed by atoms with E-state index in [-0.39, 0.29) is 0 Å². The van der Waals surface area contributed by atoms with Crippen molar-refractivity contribution in [3.05, 3.63) is 18.2 Å². The summed E-state index contributed by atoms with van der Waals surface area (Å²) in [6.07, 6.45) is 6.31. The maximum Gasteiger partial charge on any atom is 0.0922 e. The predicted octanol–water partition coefficient (Wildman–Crippen LogP) is 1.57. The van der Waals surface area contributed by atoms with Gasteiger partial charge in [-0.15, -0.1) is 0 Å². The third-order valence-corrected chi connectivity index (χ3v) is 3.75. The normalized spacial score (nSPS) is 25.9. The van der Waals surface area contributed by atoms with Crippen molar-refractivity contribution in [2.75, 3.05) is 27.2 Å². The van der Waals surface area contributed by atoms with Crippen LogP contribution in [0.5, 0.6) is 0 Å². The Morgan fingerprint density at radius 2 is 2.29 bits per heavy atom. The number of likely N-dealkylation sites (tertiary alicyclic amines) is 1. The molecule has 2 rings (SSSR count). The van der Waals surface area contributed by atoms with Crippen LogP contribution in [0, 0.1) is 5.92 Å². The van der Waals surface area contributed by atoms with Gasteiger partial charge in [0.2, 0.25) is 0 Å². The average molecular weight is 236 g/mol. The first-order valence-corrected chi connectivity index (χ1v) is 6.56. The average Bonchev–Trinajstić information content (AvgIpc) is 2.89. The minimum atomic E-state index is 0.706. The predicted molar refractivity (Wildman–Crippen MR) is 69.7 cm³/mol. The second-order valence-electron chi connectivity index (χ2n) is 5.35. The monoisotopic (exact) mass is 236 g/mol. The van der Waals surface area contributed by atoms with Crippen molar-refractivity contribution in [2.24, 2.45) is 5.92 Å². The molecule has 2 atom stereocenters. The third kappa shape index (κ3) is 3.07. The molecular weight excluding hydrogens is 212 g/mol. The molecular formula is C13H24N4. The van der Waals surface area contributed by atoms with E-state index in [0.717, 1.165) is 12.5 Å². The lowest BCUT2D eigenvalue weighted by atomic mass is 9.98. The van der Waals surface area contributed by atoms with Gasteiger partial charge in [-0.1, -0.05) is 13.3 Å². The number of hydrogen-bond donors (Lipinski definition) is 1. The Bertz CT molecular complexity index is 320. The lowest BCUT2D eigenvalue weighted by Crippen LogP contribution is -2.35. The summed E-state index contributed by atoms with van der Waals surface area (Å²) in [5.41, 5.74) is 1.22. The number of likely N-dealkylation sites (N-methyl/N-ethyl adjacent to an activating group) is 1. The first-order chi connectivity index (χ1) is 8.20. The molecule has 0 amide bonds. The molecule has 1 aliphatic rings. The largest absolute Gasteiger partial charge is 0.347 e. The summed E-state index contributed by atoms with van der Waals surface area (Å²) in [5.74, 6) is 0.818. The number of hydrogen-bond acceptors (Lipinski definition) is 3. The van der Waals surface area contributed by atoms with Gasteiger partial charge in [-0.2, -0.15) is 0 Å². The Morgan fingerprint density at radius 1 is 1.47 bits per heavy atom. The minimum absolute atomic E-state index is 0.706. The molecule has 96 valence electrons. The molecule has 4 heteroatoms. The molecule has 1 saturated heterocycles. The second-order valence-corrected chi connectivity index (χ2v) is 5.35. The molecule has 0 aliphatic carbocycles. The van der Waals surface area contributed by atoms with Crippen LogP contribution in [0.2, 0.25) is 0 Å². The first-order valence-electron chi connectivity index (χ1n) is 6.56. The van der Waals surface area contributed by atoms with Gasteiger partial charge in [0, 0.05) is 37.6 Å². The van der Waals surface area contributed by atoms with E-state index < -0.39 is 0 Å². The third-order valence-electron chi connectivity index (χ3n) is 3.75. The van der Waals surface area contributed by atoms with Crippen LogP contribution < -0.4 is 0 Å². The number of aromatic nitrogens is 2. The van der Waals surface area contributed by atoms with Crippen molar-refractivity contribution < 1.29 is 0 Å². The Kier molecular flexibility index (Phi) is 4.18. The van der Waals surface area contributed by atoms with Crippen molar-refractivity contribution in [3.8, 4) is 0 Å². The van der Waals surface area contributed by atoms with E-state index in [9.17, 15) is 0 Å². The van der Waals surface area contributed by atoms with Gasteiger partial charge >= 0.3 is 0 Å². The lowest BCUT2D eigenvalue weighted by molar-refractivity contribution is 0.238. The van der Waals surface area contributed by atoms with Crippen molar-refractivity contribution in [2.45, 2.75) is 32.4 Å². The van der Waals surface area contributed by atoms with Crippen molar-refractivity contribution in [1.29, 1.82) is 0 Å². The number of nitrogens with zero attached hydrogens (tertiary/aromatic N) is 3. The molecule has 0 radical (unpaired) electrons. The zero-order valence-electron chi connectivity index (χ0n) is 11.2. The lowest BCUT2D eigenvalue weighted by Gasteiger charge is -2.24. The van der Waals surface area contributed by atoms with Gasteiger partial charge < -0.3 is 9.88 Å². The number of aromatic amines is 1. The van der Waals surface area contributed by atoms with E-state index in [2.05, 4.69) is 40.8 Å². The molecule has 0 spiro atoms. The number of imidazole rings is 1. The molecule has 4 nitrogen and oxygen atoms in total.